The molecule has 0 amide bonds. The Morgan fingerprint density at radius 3 is 2.37 bits per heavy atom. The maximum absolute atomic E-state index is 14.0. The van der Waals surface area contributed by atoms with E-state index in [4.69, 9.17) is 0 Å². The molecule has 1 aromatic heterocycles. The lowest BCUT2D eigenvalue weighted by molar-refractivity contribution is 0.592. The monoisotopic (exact) mass is 364 g/mol. The molecule has 3 aromatic rings. The molecule has 0 atom stereocenters. The van der Waals surface area contributed by atoms with Crippen LogP contribution in [0.2, 0.25) is 0 Å². The fourth-order valence-corrected chi connectivity index (χ4v) is 3.16. The number of halogens is 1. The Kier molecular flexibility index (Phi) is 5.09. The Hall–Kier alpha value is -3.22. The van der Waals surface area contributed by atoms with Crippen molar-refractivity contribution in [3.8, 4) is 0 Å². The summed E-state index contributed by atoms with van der Waals surface area (Å²) in [5.74, 6) is 1.11. The highest BCUT2D eigenvalue weighted by Crippen LogP contribution is 2.21. The minimum Gasteiger partial charge on any atom is -0.366 e. The van der Waals surface area contributed by atoms with E-state index in [0.29, 0.717) is 37.1 Å². The molecule has 0 aliphatic carbocycles. The van der Waals surface area contributed by atoms with Gasteiger partial charge in [-0.25, -0.2) is 4.39 Å². The lowest BCUT2D eigenvalue weighted by Crippen LogP contribution is -2.47. The Morgan fingerprint density at radius 2 is 1.59 bits per heavy atom. The summed E-state index contributed by atoms with van der Waals surface area (Å²) >= 11 is 0. The van der Waals surface area contributed by atoms with Crippen LogP contribution < -0.4 is 15.1 Å². The number of nitrogens with zero attached hydrogens (tertiary/aromatic N) is 5. The van der Waals surface area contributed by atoms with Crippen LogP contribution in [0.3, 0.4) is 0 Å². The Labute approximate surface area is 157 Å². The Bertz CT molecular complexity index is 880. The fraction of sp³-hybridized carbons (Fsp3) is 0.250. The number of hydrogen-bond donors (Lipinski definition) is 1. The number of benzene rings is 2. The van der Waals surface area contributed by atoms with Gasteiger partial charge in [0, 0.05) is 32.7 Å². The van der Waals surface area contributed by atoms with Gasteiger partial charge in [0.05, 0.1) is 11.9 Å². The van der Waals surface area contributed by atoms with E-state index in [9.17, 15) is 4.39 Å². The lowest BCUT2D eigenvalue weighted by Gasteiger charge is -2.36. The fourth-order valence-electron chi connectivity index (χ4n) is 3.16. The molecule has 0 spiro atoms. The molecule has 0 radical (unpaired) electrons. The molecule has 0 bridgehead atoms. The molecule has 2 aromatic carbocycles. The quantitative estimate of drug-likeness (QED) is 0.751. The first-order valence-corrected chi connectivity index (χ1v) is 9.01. The van der Waals surface area contributed by atoms with Crippen LogP contribution in [0.1, 0.15) is 5.56 Å². The zero-order valence-electron chi connectivity index (χ0n) is 14.9. The zero-order chi connectivity index (χ0) is 18.5. The van der Waals surface area contributed by atoms with Crippen molar-refractivity contribution in [2.24, 2.45) is 0 Å². The molecule has 2 heterocycles. The average Bonchev–Trinajstić information content (AvgIpc) is 2.74. The summed E-state index contributed by atoms with van der Waals surface area (Å²) in [4.78, 5) is 8.71. The molecule has 6 nitrogen and oxygen atoms in total. The average molecular weight is 364 g/mol. The van der Waals surface area contributed by atoms with Gasteiger partial charge in [0.1, 0.15) is 5.82 Å². The van der Waals surface area contributed by atoms with Gasteiger partial charge in [-0.1, -0.05) is 42.5 Å². The number of aromatic nitrogens is 3. The van der Waals surface area contributed by atoms with Crippen molar-refractivity contribution in [3.05, 3.63) is 72.2 Å². The van der Waals surface area contributed by atoms with E-state index in [1.807, 2.05) is 30.3 Å². The van der Waals surface area contributed by atoms with Crippen LogP contribution in [0.25, 0.3) is 0 Å². The predicted molar refractivity (Wildman–Crippen MR) is 104 cm³/mol. The summed E-state index contributed by atoms with van der Waals surface area (Å²) in [5.41, 5.74) is 1.82. The Balaban J connectivity index is 1.38. The van der Waals surface area contributed by atoms with Gasteiger partial charge in [-0.2, -0.15) is 10.1 Å². The number of anilines is 3. The maximum atomic E-state index is 14.0. The van der Waals surface area contributed by atoms with Crippen LogP contribution >= 0.6 is 0 Å². The molecule has 138 valence electrons. The van der Waals surface area contributed by atoms with Crippen LogP contribution in [0.5, 0.6) is 0 Å². The summed E-state index contributed by atoms with van der Waals surface area (Å²) in [6, 6.07) is 17.0. The second-order valence-corrected chi connectivity index (χ2v) is 6.41. The van der Waals surface area contributed by atoms with Crippen LogP contribution in [0, 0.1) is 5.82 Å². The highest BCUT2D eigenvalue weighted by atomic mass is 19.1. The highest BCUT2D eigenvalue weighted by molar-refractivity contribution is 5.50. The van der Waals surface area contributed by atoms with Gasteiger partial charge in [-0.3, -0.25) is 0 Å². The van der Waals surface area contributed by atoms with E-state index >= 15 is 0 Å². The van der Waals surface area contributed by atoms with Gasteiger partial charge in [-0.05, 0) is 17.7 Å². The second-order valence-electron chi connectivity index (χ2n) is 6.41. The Morgan fingerprint density at radius 1 is 0.889 bits per heavy atom. The van der Waals surface area contributed by atoms with Crippen molar-refractivity contribution in [2.75, 3.05) is 41.3 Å². The summed E-state index contributed by atoms with van der Waals surface area (Å²) in [6.45, 7) is 3.55. The maximum Gasteiger partial charge on any atom is 0.247 e. The molecule has 0 saturated carbocycles. The highest BCUT2D eigenvalue weighted by Gasteiger charge is 2.21. The van der Waals surface area contributed by atoms with Crippen molar-refractivity contribution in [2.45, 2.75) is 6.54 Å². The summed E-state index contributed by atoms with van der Waals surface area (Å²) in [5, 5.41) is 11.5. The number of hydrogen-bond acceptors (Lipinski definition) is 6. The van der Waals surface area contributed by atoms with Gasteiger partial charge in [-0.15, -0.1) is 5.10 Å². The summed E-state index contributed by atoms with van der Waals surface area (Å²) in [7, 11) is 0. The van der Waals surface area contributed by atoms with Crippen LogP contribution in [0.4, 0.5) is 21.8 Å². The molecular formula is C20H21FN6. The van der Waals surface area contributed by atoms with E-state index in [-0.39, 0.29) is 5.82 Å². The first kappa shape index (κ1) is 17.2. The van der Waals surface area contributed by atoms with Crippen molar-refractivity contribution in [1.29, 1.82) is 0 Å². The molecule has 27 heavy (non-hydrogen) atoms. The first-order chi connectivity index (χ1) is 13.3. The van der Waals surface area contributed by atoms with Gasteiger partial charge in [0.2, 0.25) is 5.95 Å². The third-order valence-electron chi connectivity index (χ3n) is 4.62. The van der Waals surface area contributed by atoms with Crippen LogP contribution in [-0.4, -0.2) is 41.4 Å². The van der Waals surface area contributed by atoms with E-state index in [2.05, 4.69) is 42.4 Å². The van der Waals surface area contributed by atoms with E-state index < -0.39 is 0 Å². The van der Waals surface area contributed by atoms with Gasteiger partial charge in [0.15, 0.2) is 5.82 Å². The molecule has 1 saturated heterocycles. The minimum atomic E-state index is -0.184. The number of nitrogens with one attached hydrogen (secondary N) is 1. The molecule has 4 rings (SSSR count). The standard InChI is InChI=1S/C20H21FN6/c21-17-8-4-5-9-18(17)26-10-12-27(13-11-26)20-24-19(15-23-25-20)22-14-16-6-2-1-3-7-16/h1-9,15H,10-14H2,(H,22,24,25). The van der Waals surface area contributed by atoms with E-state index in [0.717, 1.165) is 13.1 Å². The molecule has 1 fully saturated rings. The third kappa shape index (κ3) is 4.13. The molecule has 0 unspecified atom stereocenters. The van der Waals surface area contributed by atoms with Gasteiger partial charge >= 0.3 is 0 Å². The smallest absolute Gasteiger partial charge is 0.247 e. The SMILES string of the molecule is Fc1ccccc1N1CCN(c2nncc(NCc3ccccc3)n2)CC1. The van der Waals surface area contributed by atoms with Gasteiger partial charge in [0.25, 0.3) is 0 Å². The third-order valence-corrected chi connectivity index (χ3v) is 4.62. The van der Waals surface area contributed by atoms with Crippen molar-refractivity contribution < 1.29 is 4.39 Å². The largest absolute Gasteiger partial charge is 0.366 e. The zero-order valence-corrected chi connectivity index (χ0v) is 14.9. The molecule has 1 N–H and O–H groups in total. The molecular weight excluding hydrogens is 343 g/mol. The molecule has 1 aliphatic rings. The van der Waals surface area contributed by atoms with Crippen LogP contribution in [0.15, 0.2) is 60.8 Å². The van der Waals surface area contributed by atoms with Crippen LogP contribution in [-0.2, 0) is 6.54 Å². The number of para-hydroxylation sites is 1. The molecule has 1 aliphatic heterocycles. The number of piperazine rings is 1. The normalized spacial score (nSPS) is 14.3. The minimum absolute atomic E-state index is 0.184. The molecule has 7 heteroatoms. The van der Waals surface area contributed by atoms with Crippen molar-refractivity contribution >= 4 is 17.5 Å². The summed E-state index contributed by atoms with van der Waals surface area (Å²) in [6.07, 6.45) is 1.63. The number of rotatable bonds is 5. The predicted octanol–water partition coefficient (Wildman–Crippen LogP) is 2.95. The van der Waals surface area contributed by atoms with E-state index in [1.54, 1.807) is 12.3 Å². The van der Waals surface area contributed by atoms with Crippen molar-refractivity contribution in [3.63, 3.8) is 0 Å². The second kappa shape index (κ2) is 7.99. The van der Waals surface area contributed by atoms with E-state index in [1.165, 1.54) is 11.6 Å². The topological polar surface area (TPSA) is 57.2 Å². The van der Waals surface area contributed by atoms with Gasteiger partial charge < -0.3 is 15.1 Å². The summed E-state index contributed by atoms with van der Waals surface area (Å²) < 4.78 is 14.0. The first-order valence-electron chi connectivity index (χ1n) is 9.01. The van der Waals surface area contributed by atoms with Crippen molar-refractivity contribution in [1.82, 2.24) is 15.2 Å². The lowest BCUT2D eigenvalue weighted by atomic mass is 10.2.